The van der Waals surface area contributed by atoms with E-state index in [1.165, 1.54) is 0 Å². The summed E-state index contributed by atoms with van der Waals surface area (Å²) in [5.74, 6) is 0. The van der Waals surface area contributed by atoms with E-state index in [2.05, 4.69) is 5.32 Å². The molecular weight excluding hydrogens is 228 g/mol. The molecule has 1 heterocycles. The van der Waals surface area contributed by atoms with E-state index in [1.54, 1.807) is 29.2 Å². The quantitative estimate of drug-likeness (QED) is 0.820. The Morgan fingerprint density at radius 2 is 2.44 bits per heavy atom. The number of benzene rings is 1. The molecule has 0 saturated carbocycles. The summed E-state index contributed by atoms with van der Waals surface area (Å²) in [6.07, 6.45) is -0.167. The Morgan fingerprint density at radius 3 is 3.06 bits per heavy atom. The van der Waals surface area contributed by atoms with Gasteiger partial charge in [-0.05, 0) is 25.1 Å². The molecule has 1 N–H and O–H groups in total. The molecule has 2 rings (SSSR count). The number of hydrogen-bond acceptors (Lipinski definition) is 2. The molecule has 0 radical (unpaired) electrons. The van der Waals surface area contributed by atoms with Gasteiger partial charge in [0.1, 0.15) is 6.23 Å². The van der Waals surface area contributed by atoms with Crippen molar-refractivity contribution in [3.8, 4) is 0 Å². The third kappa shape index (κ3) is 2.46. The van der Waals surface area contributed by atoms with E-state index in [1.807, 2.05) is 6.92 Å². The van der Waals surface area contributed by atoms with Crippen LogP contribution < -0.4 is 5.32 Å². The zero-order valence-corrected chi connectivity index (χ0v) is 9.70. The first-order valence-corrected chi connectivity index (χ1v) is 5.49. The highest BCUT2D eigenvalue weighted by Gasteiger charge is 2.25. The van der Waals surface area contributed by atoms with Crippen molar-refractivity contribution in [2.24, 2.45) is 0 Å². The molecule has 0 spiro atoms. The van der Waals surface area contributed by atoms with Crippen LogP contribution in [0.25, 0.3) is 0 Å². The van der Waals surface area contributed by atoms with Gasteiger partial charge in [0.2, 0.25) is 0 Å². The number of ether oxygens (including phenoxy) is 1. The maximum Gasteiger partial charge on any atom is 0.323 e. The Labute approximate surface area is 99.1 Å². The number of rotatable bonds is 1. The van der Waals surface area contributed by atoms with Crippen molar-refractivity contribution in [3.63, 3.8) is 0 Å². The number of carbonyl (C=O) groups excluding carboxylic acids is 1. The molecule has 1 aromatic carbocycles. The lowest BCUT2D eigenvalue weighted by molar-refractivity contribution is 0.0682. The summed E-state index contributed by atoms with van der Waals surface area (Å²) in [6.45, 7) is 3.06. The molecule has 0 aromatic heterocycles. The number of hydrogen-bond donors (Lipinski definition) is 1. The molecule has 16 heavy (non-hydrogen) atoms. The second kappa shape index (κ2) is 4.72. The van der Waals surface area contributed by atoms with Crippen molar-refractivity contribution < 1.29 is 9.53 Å². The molecule has 4 nitrogen and oxygen atoms in total. The van der Waals surface area contributed by atoms with Crippen LogP contribution in [0.1, 0.15) is 6.92 Å². The van der Waals surface area contributed by atoms with Crippen LogP contribution in [0.5, 0.6) is 0 Å². The first kappa shape index (κ1) is 11.2. The van der Waals surface area contributed by atoms with E-state index in [0.717, 1.165) is 0 Å². The Balaban J connectivity index is 2.02. The molecule has 1 aliphatic rings. The third-order valence-electron chi connectivity index (χ3n) is 2.47. The Hall–Kier alpha value is -1.26. The number of anilines is 1. The van der Waals surface area contributed by atoms with Crippen molar-refractivity contribution in [1.82, 2.24) is 4.90 Å². The summed E-state index contributed by atoms with van der Waals surface area (Å²) in [4.78, 5) is 13.5. The van der Waals surface area contributed by atoms with Crippen LogP contribution in [-0.2, 0) is 4.74 Å². The van der Waals surface area contributed by atoms with E-state index in [9.17, 15) is 4.79 Å². The molecule has 1 aromatic rings. The predicted octanol–water partition coefficient (Wildman–Crippen LogP) is 2.55. The molecular formula is C11H13ClN2O2. The SMILES string of the molecule is CC1OCCN1C(=O)Nc1cccc(Cl)c1. The second-order valence-electron chi connectivity index (χ2n) is 3.60. The number of urea groups is 1. The lowest BCUT2D eigenvalue weighted by Gasteiger charge is -2.20. The zero-order chi connectivity index (χ0) is 11.5. The van der Waals surface area contributed by atoms with Gasteiger partial charge in [0.05, 0.1) is 6.61 Å². The molecule has 86 valence electrons. The number of carbonyl (C=O) groups is 1. The largest absolute Gasteiger partial charge is 0.357 e. The second-order valence-corrected chi connectivity index (χ2v) is 4.04. The molecule has 5 heteroatoms. The summed E-state index contributed by atoms with van der Waals surface area (Å²) in [6, 6.07) is 6.90. The van der Waals surface area contributed by atoms with Gasteiger partial charge in [-0.15, -0.1) is 0 Å². The lowest BCUT2D eigenvalue weighted by Crippen LogP contribution is -2.37. The Kier molecular flexibility index (Phi) is 3.31. The lowest BCUT2D eigenvalue weighted by atomic mass is 10.3. The van der Waals surface area contributed by atoms with Crippen LogP contribution >= 0.6 is 11.6 Å². The van der Waals surface area contributed by atoms with Gasteiger partial charge in [-0.3, -0.25) is 4.90 Å². The van der Waals surface area contributed by atoms with Gasteiger partial charge < -0.3 is 10.1 Å². The Bertz CT molecular complexity index is 397. The smallest absolute Gasteiger partial charge is 0.323 e. The van der Waals surface area contributed by atoms with Crippen LogP contribution in [-0.4, -0.2) is 30.3 Å². The molecule has 0 aliphatic carbocycles. The number of amides is 2. The fraction of sp³-hybridized carbons (Fsp3) is 0.364. The maximum atomic E-state index is 11.8. The minimum atomic E-state index is -0.167. The summed E-state index contributed by atoms with van der Waals surface area (Å²) in [5.41, 5.74) is 0.691. The average Bonchev–Trinajstić information content (AvgIpc) is 2.64. The van der Waals surface area contributed by atoms with Gasteiger partial charge >= 0.3 is 6.03 Å². The normalized spacial score (nSPS) is 19.9. The van der Waals surface area contributed by atoms with E-state index in [4.69, 9.17) is 16.3 Å². The summed E-state index contributed by atoms with van der Waals surface area (Å²) in [7, 11) is 0. The fourth-order valence-electron chi connectivity index (χ4n) is 1.62. The van der Waals surface area contributed by atoms with Gasteiger partial charge in [-0.25, -0.2) is 4.79 Å². The minimum Gasteiger partial charge on any atom is -0.357 e. The molecule has 1 saturated heterocycles. The highest BCUT2D eigenvalue weighted by Crippen LogP contribution is 2.17. The fourth-order valence-corrected chi connectivity index (χ4v) is 1.81. The van der Waals surface area contributed by atoms with E-state index in [0.29, 0.717) is 23.9 Å². The highest BCUT2D eigenvalue weighted by molar-refractivity contribution is 6.30. The van der Waals surface area contributed by atoms with Crippen molar-refractivity contribution in [1.29, 1.82) is 0 Å². The minimum absolute atomic E-state index is 0.160. The standard InChI is InChI=1S/C11H13ClN2O2/c1-8-14(5-6-16-8)11(15)13-10-4-2-3-9(12)7-10/h2-4,7-8H,5-6H2,1H3,(H,13,15). The van der Waals surface area contributed by atoms with Gasteiger partial charge in [0.25, 0.3) is 0 Å². The predicted molar refractivity (Wildman–Crippen MR) is 62.6 cm³/mol. The first-order valence-electron chi connectivity index (χ1n) is 5.11. The van der Waals surface area contributed by atoms with Crippen LogP contribution in [0.4, 0.5) is 10.5 Å². The summed E-state index contributed by atoms with van der Waals surface area (Å²) in [5, 5.41) is 3.38. The molecule has 2 amide bonds. The average molecular weight is 241 g/mol. The van der Waals surface area contributed by atoms with Crippen molar-refractivity contribution in [2.75, 3.05) is 18.5 Å². The van der Waals surface area contributed by atoms with Crippen molar-refractivity contribution >= 4 is 23.3 Å². The molecule has 1 aliphatic heterocycles. The van der Waals surface area contributed by atoms with E-state index >= 15 is 0 Å². The zero-order valence-electron chi connectivity index (χ0n) is 8.94. The first-order chi connectivity index (χ1) is 7.66. The monoisotopic (exact) mass is 240 g/mol. The Morgan fingerprint density at radius 1 is 1.62 bits per heavy atom. The topological polar surface area (TPSA) is 41.6 Å². The van der Waals surface area contributed by atoms with Crippen LogP contribution in [0.2, 0.25) is 5.02 Å². The molecule has 1 unspecified atom stereocenters. The van der Waals surface area contributed by atoms with Gasteiger partial charge in [0, 0.05) is 17.3 Å². The number of nitrogens with zero attached hydrogens (tertiary/aromatic N) is 1. The molecule has 1 fully saturated rings. The highest BCUT2D eigenvalue weighted by atomic mass is 35.5. The summed E-state index contributed by atoms with van der Waals surface area (Å²) < 4.78 is 5.29. The van der Waals surface area contributed by atoms with Gasteiger partial charge in [-0.2, -0.15) is 0 Å². The maximum absolute atomic E-state index is 11.8. The van der Waals surface area contributed by atoms with Gasteiger partial charge in [-0.1, -0.05) is 17.7 Å². The van der Waals surface area contributed by atoms with Crippen LogP contribution in [0.15, 0.2) is 24.3 Å². The molecule has 0 bridgehead atoms. The van der Waals surface area contributed by atoms with Crippen molar-refractivity contribution in [3.05, 3.63) is 29.3 Å². The van der Waals surface area contributed by atoms with Gasteiger partial charge in [0.15, 0.2) is 0 Å². The summed E-state index contributed by atoms with van der Waals surface area (Å²) >= 11 is 5.83. The van der Waals surface area contributed by atoms with Crippen LogP contribution in [0, 0.1) is 0 Å². The molecule has 1 atom stereocenters. The van der Waals surface area contributed by atoms with Crippen molar-refractivity contribution in [2.45, 2.75) is 13.2 Å². The number of halogens is 1. The van der Waals surface area contributed by atoms with Crippen LogP contribution in [0.3, 0.4) is 0 Å². The number of nitrogens with one attached hydrogen (secondary N) is 1. The van der Waals surface area contributed by atoms with E-state index in [-0.39, 0.29) is 12.3 Å². The van der Waals surface area contributed by atoms with E-state index < -0.39 is 0 Å². The third-order valence-corrected chi connectivity index (χ3v) is 2.70.